The van der Waals surface area contributed by atoms with E-state index in [0.29, 0.717) is 0 Å². The minimum absolute atomic E-state index is 0.859. The van der Waals surface area contributed by atoms with E-state index in [-0.39, 0.29) is 0 Å². The molecule has 12 rings (SSSR count). The average molecular weight is 728 g/mol. The van der Waals surface area contributed by atoms with Crippen molar-refractivity contribution in [3.8, 4) is 22.3 Å². The quantitative estimate of drug-likeness (QED) is 0.165. The van der Waals surface area contributed by atoms with Gasteiger partial charge < -0.3 is 13.7 Å². The third kappa shape index (κ3) is 4.99. The molecule has 3 heteroatoms. The fraction of sp³-hybridized carbons (Fsp3) is 0. The second-order valence-corrected chi connectivity index (χ2v) is 14.9. The van der Waals surface area contributed by atoms with E-state index in [4.69, 9.17) is 8.83 Å². The van der Waals surface area contributed by atoms with Crippen LogP contribution in [-0.4, -0.2) is 0 Å². The van der Waals surface area contributed by atoms with Crippen LogP contribution in [0.2, 0.25) is 0 Å². The molecule has 0 saturated heterocycles. The molecule has 0 bridgehead atoms. The van der Waals surface area contributed by atoms with Gasteiger partial charge in [-0.15, -0.1) is 0 Å². The van der Waals surface area contributed by atoms with Crippen LogP contribution in [0, 0.1) is 0 Å². The maximum atomic E-state index is 6.93. The number of anilines is 3. The van der Waals surface area contributed by atoms with Crippen LogP contribution in [0.4, 0.5) is 17.1 Å². The molecule has 0 aliphatic rings. The molecule has 0 aliphatic heterocycles. The van der Waals surface area contributed by atoms with Gasteiger partial charge in [-0.2, -0.15) is 0 Å². The number of hydrogen-bond donors (Lipinski definition) is 0. The van der Waals surface area contributed by atoms with E-state index in [0.717, 1.165) is 94.0 Å². The molecule has 266 valence electrons. The van der Waals surface area contributed by atoms with Crippen molar-refractivity contribution in [1.29, 1.82) is 0 Å². The number of hydrogen-bond acceptors (Lipinski definition) is 3. The molecule has 2 aromatic heterocycles. The summed E-state index contributed by atoms with van der Waals surface area (Å²) in [6.07, 6.45) is 0. The summed E-state index contributed by atoms with van der Waals surface area (Å²) in [5, 5.41) is 11.6. The molecule has 0 amide bonds. The van der Waals surface area contributed by atoms with Crippen molar-refractivity contribution in [1.82, 2.24) is 0 Å². The Balaban J connectivity index is 1.03. The Morgan fingerprint density at radius 1 is 0.298 bits per heavy atom. The lowest BCUT2D eigenvalue weighted by Crippen LogP contribution is -2.10. The molecular formula is C54H33NO2. The standard InChI is InChI=1S/C54H33NO2/c1-2-10-35(11-3-1)44-16-8-17-46-49-32-39(26-31-51(49)56-52(44)46)34-22-27-40(28-23-34)55(41-29-24-38-21-20-36-12-4-6-14-42(36)48(38)33-41)50-19-9-18-45-47-30-25-37-13-5-7-15-43(37)53(47)57-54(45)50/h1-33H. The Morgan fingerprint density at radius 2 is 0.912 bits per heavy atom. The van der Waals surface area contributed by atoms with Crippen LogP contribution in [-0.2, 0) is 0 Å². The first-order valence-corrected chi connectivity index (χ1v) is 19.4. The van der Waals surface area contributed by atoms with E-state index in [1.54, 1.807) is 0 Å². The van der Waals surface area contributed by atoms with Gasteiger partial charge in [-0.25, -0.2) is 0 Å². The fourth-order valence-electron chi connectivity index (χ4n) is 8.87. The van der Waals surface area contributed by atoms with Gasteiger partial charge in [-0.1, -0.05) is 152 Å². The molecule has 0 aliphatic carbocycles. The molecule has 0 fully saturated rings. The maximum absolute atomic E-state index is 6.93. The van der Waals surface area contributed by atoms with E-state index >= 15 is 0 Å². The van der Waals surface area contributed by atoms with Crippen LogP contribution in [0.1, 0.15) is 0 Å². The highest BCUT2D eigenvalue weighted by atomic mass is 16.3. The minimum Gasteiger partial charge on any atom is -0.455 e. The van der Waals surface area contributed by atoms with Gasteiger partial charge in [-0.3, -0.25) is 0 Å². The van der Waals surface area contributed by atoms with Crippen molar-refractivity contribution in [2.24, 2.45) is 0 Å². The second kappa shape index (κ2) is 12.5. The van der Waals surface area contributed by atoms with E-state index in [2.05, 4.69) is 199 Å². The van der Waals surface area contributed by atoms with E-state index in [1.165, 1.54) is 21.5 Å². The van der Waals surface area contributed by atoms with Crippen molar-refractivity contribution in [3.05, 3.63) is 200 Å². The zero-order valence-corrected chi connectivity index (χ0v) is 30.8. The summed E-state index contributed by atoms with van der Waals surface area (Å²) in [5.74, 6) is 0. The summed E-state index contributed by atoms with van der Waals surface area (Å²) in [4.78, 5) is 2.34. The number of furan rings is 2. The van der Waals surface area contributed by atoms with Gasteiger partial charge in [0.15, 0.2) is 5.58 Å². The van der Waals surface area contributed by atoms with Gasteiger partial charge in [-0.05, 0) is 92.2 Å². The largest absolute Gasteiger partial charge is 0.455 e. The van der Waals surface area contributed by atoms with Crippen molar-refractivity contribution in [3.63, 3.8) is 0 Å². The van der Waals surface area contributed by atoms with Crippen LogP contribution in [0.5, 0.6) is 0 Å². The maximum Gasteiger partial charge on any atom is 0.159 e. The van der Waals surface area contributed by atoms with Crippen LogP contribution < -0.4 is 4.90 Å². The van der Waals surface area contributed by atoms with Crippen molar-refractivity contribution in [2.75, 3.05) is 4.90 Å². The van der Waals surface area contributed by atoms with Crippen LogP contribution >= 0.6 is 0 Å². The average Bonchev–Trinajstić information content (AvgIpc) is 3.86. The molecule has 0 unspecified atom stereocenters. The highest BCUT2D eigenvalue weighted by Crippen LogP contribution is 2.45. The Bertz CT molecular complexity index is 3520. The first-order chi connectivity index (χ1) is 28.2. The van der Waals surface area contributed by atoms with Gasteiger partial charge in [0.05, 0.1) is 5.69 Å². The molecule has 12 aromatic rings. The number of nitrogens with zero attached hydrogens (tertiary/aromatic N) is 1. The van der Waals surface area contributed by atoms with Crippen molar-refractivity contribution >= 4 is 93.3 Å². The Morgan fingerprint density at radius 3 is 1.75 bits per heavy atom. The Kier molecular flexibility index (Phi) is 6.93. The number of fused-ring (bicyclic) bond motifs is 11. The highest BCUT2D eigenvalue weighted by molar-refractivity contribution is 6.18. The molecule has 57 heavy (non-hydrogen) atoms. The zero-order valence-electron chi connectivity index (χ0n) is 30.8. The lowest BCUT2D eigenvalue weighted by molar-refractivity contribution is 0.670. The summed E-state index contributed by atoms with van der Waals surface area (Å²) in [5.41, 5.74) is 11.2. The second-order valence-electron chi connectivity index (χ2n) is 14.9. The lowest BCUT2D eigenvalue weighted by Gasteiger charge is -2.26. The molecule has 10 aromatic carbocycles. The number of para-hydroxylation sites is 2. The number of benzene rings is 10. The highest BCUT2D eigenvalue weighted by Gasteiger charge is 2.21. The van der Waals surface area contributed by atoms with Gasteiger partial charge >= 0.3 is 0 Å². The SMILES string of the molecule is c1ccc(-c2cccc3c2oc2ccc(-c4ccc(N(c5ccc6ccc7ccccc7c6c5)c5cccc6c5oc5c7ccccc7ccc65)cc4)cc23)cc1. The molecule has 3 nitrogen and oxygen atoms in total. The fourth-order valence-corrected chi connectivity index (χ4v) is 8.87. The first-order valence-electron chi connectivity index (χ1n) is 19.4. The van der Waals surface area contributed by atoms with Crippen molar-refractivity contribution in [2.45, 2.75) is 0 Å². The topological polar surface area (TPSA) is 29.5 Å². The van der Waals surface area contributed by atoms with E-state index < -0.39 is 0 Å². The number of rotatable bonds is 5. The Labute approximate surface area is 328 Å². The van der Waals surface area contributed by atoms with Gasteiger partial charge in [0, 0.05) is 43.9 Å². The molecule has 0 radical (unpaired) electrons. The van der Waals surface area contributed by atoms with E-state index in [1.807, 2.05) is 6.07 Å². The molecule has 2 heterocycles. The van der Waals surface area contributed by atoms with Crippen LogP contribution in [0.3, 0.4) is 0 Å². The predicted molar refractivity (Wildman–Crippen MR) is 239 cm³/mol. The summed E-state index contributed by atoms with van der Waals surface area (Å²) >= 11 is 0. The van der Waals surface area contributed by atoms with E-state index in [9.17, 15) is 0 Å². The monoisotopic (exact) mass is 727 g/mol. The van der Waals surface area contributed by atoms with Gasteiger partial charge in [0.25, 0.3) is 0 Å². The summed E-state index contributed by atoms with van der Waals surface area (Å²) in [6.45, 7) is 0. The van der Waals surface area contributed by atoms with Gasteiger partial charge in [0.2, 0.25) is 0 Å². The molecule has 0 N–H and O–H groups in total. The summed E-state index contributed by atoms with van der Waals surface area (Å²) in [6, 6.07) is 71.5. The van der Waals surface area contributed by atoms with Crippen LogP contribution in [0.25, 0.3) is 98.4 Å². The van der Waals surface area contributed by atoms with Gasteiger partial charge in [0.1, 0.15) is 16.7 Å². The van der Waals surface area contributed by atoms with Crippen molar-refractivity contribution < 1.29 is 8.83 Å². The normalized spacial score (nSPS) is 11.9. The summed E-state index contributed by atoms with van der Waals surface area (Å²) in [7, 11) is 0. The first kappa shape index (κ1) is 31.7. The zero-order chi connectivity index (χ0) is 37.5. The van der Waals surface area contributed by atoms with Crippen LogP contribution in [0.15, 0.2) is 209 Å². The summed E-state index contributed by atoms with van der Waals surface area (Å²) < 4.78 is 13.4. The molecule has 0 spiro atoms. The predicted octanol–water partition coefficient (Wildman–Crippen LogP) is 15.7. The smallest absolute Gasteiger partial charge is 0.159 e. The molecular weight excluding hydrogens is 695 g/mol. The third-order valence-electron chi connectivity index (χ3n) is 11.6. The lowest BCUT2D eigenvalue weighted by atomic mass is 9.99. The molecule has 0 atom stereocenters. The molecule has 0 saturated carbocycles. The Hall–Kier alpha value is -7.62. The minimum atomic E-state index is 0.859. The third-order valence-corrected chi connectivity index (χ3v) is 11.6.